The van der Waals surface area contributed by atoms with Crippen molar-refractivity contribution in [2.75, 3.05) is 5.32 Å². The average molecular weight is 299 g/mol. The molecule has 1 aliphatic carbocycles. The van der Waals surface area contributed by atoms with Gasteiger partial charge < -0.3 is 0 Å². The van der Waals surface area contributed by atoms with Crippen LogP contribution < -0.4 is 5.32 Å². The molecule has 0 radical (unpaired) electrons. The molecular weight excluding hydrogens is 285 g/mol. The van der Waals surface area contributed by atoms with Crippen molar-refractivity contribution >= 4 is 17.6 Å². The zero-order valence-electron chi connectivity index (χ0n) is 12.0. The van der Waals surface area contributed by atoms with Crippen LogP contribution in [0, 0.1) is 5.82 Å². The fraction of sp³-hybridized carbons (Fsp3) is 0.250. The summed E-state index contributed by atoms with van der Waals surface area (Å²) in [7, 11) is 0. The molecular formula is C16H14FN3O2. The number of anilines is 1. The molecule has 1 atom stereocenters. The first-order valence-electron chi connectivity index (χ1n) is 6.95. The lowest BCUT2D eigenvalue weighted by Crippen LogP contribution is -2.22. The first kappa shape index (κ1) is 14.3. The van der Waals surface area contributed by atoms with Crippen molar-refractivity contribution in [2.24, 2.45) is 0 Å². The number of carbonyl (C=O) groups is 2. The van der Waals surface area contributed by atoms with Gasteiger partial charge in [-0.05, 0) is 30.0 Å². The number of nitrogens with zero attached hydrogens (tertiary/aromatic N) is 2. The quantitative estimate of drug-likeness (QED) is 0.924. The van der Waals surface area contributed by atoms with Crippen LogP contribution in [0.15, 0.2) is 30.5 Å². The number of rotatable bonds is 2. The summed E-state index contributed by atoms with van der Waals surface area (Å²) in [5, 5.41) is 2.51. The zero-order chi connectivity index (χ0) is 15.7. The Morgan fingerprint density at radius 2 is 2.00 bits per heavy atom. The Morgan fingerprint density at radius 1 is 1.27 bits per heavy atom. The van der Waals surface area contributed by atoms with Crippen molar-refractivity contribution < 1.29 is 14.0 Å². The summed E-state index contributed by atoms with van der Waals surface area (Å²) in [6.07, 6.45) is 2.36. The van der Waals surface area contributed by atoms with E-state index in [1.54, 1.807) is 12.1 Å². The number of amides is 1. The molecule has 0 saturated heterocycles. The van der Waals surface area contributed by atoms with Gasteiger partial charge in [0.15, 0.2) is 5.78 Å². The van der Waals surface area contributed by atoms with Crippen molar-refractivity contribution in [3.05, 3.63) is 53.1 Å². The Labute approximate surface area is 126 Å². The van der Waals surface area contributed by atoms with Gasteiger partial charge in [-0.3, -0.25) is 14.9 Å². The Hall–Kier alpha value is -2.63. The summed E-state index contributed by atoms with van der Waals surface area (Å²) in [5.74, 6) is -0.455. The fourth-order valence-corrected chi connectivity index (χ4v) is 2.63. The van der Waals surface area contributed by atoms with Crippen LogP contribution in [0.2, 0.25) is 0 Å². The van der Waals surface area contributed by atoms with Gasteiger partial charge in [-0.15, -0.1) is 0 Å². The highest BCUT2D eigenvalue weighted by atomic mass is 19.1. The molecule has 1 N–H and O–H groups in total. The molecule has 0 spiro atoms. The van der Waals surface area contributed by atoms with Crippen molar-refractivity contribution in [1.82, 2.24) is 9.97 Å². The second-order valence-electron chi connectivity index (χ2n) is 5.32. The fourth-order valence-electron chi connectivity index (χ4n) is 2.63. The first-order chi connectivity index (χ1) is 10.5. The zero-order valence-corrected chi connectivity index (χ0v) is 12.0. The lowest BCUT2D eigenvalue weighted by molar-refractivity contribution is -0.114. The number of fused-ring (bicyclic) bond motifs is 1. The predicted molar refractivity (Wildman–Crippen MR) is 78.1 cm³/mol. The highest BCUT2D eigenvalue weighted by molar-refractivity contribution is 5.98. The summed E-state index contributed by atoms with van der Waals surface area (Å²) in [6.45, 7) is 1.37. The van der Waals surface area contributed by atoms with Gasteiger partial charge in [0.2, 0.25) is 11.9 Å². The molecule has 5 nitrogen and oxygen atoms in total. The molecule has 6 heteroatoms. The van der Waals surface area contributed by atoms with Crippen molar-refractivity contribution in [1.29, 1.82) is 0 Å². The van der Waals surface area contributed by atoms with Crippen molar-refractivity contribution in [3.63, 3.8) is 0 Å². The summed E-state index contributed by atoms with van der Waals surface area (Å²) < 4.78 is 13.0. The van der Waals surface area contributed by atoms with E-state index in [1.807, 2.05) is 0 Å². The van der Waals surface area contributed by atoms with Crippen LogP contribution in [0.5, 0.6) is 0 Å². The normalized spacial score (nSPS) is 17.0. The third-order valence-electron chi connectivity index (χ3n) is 3.67. The van der Waals surface area contributed by atoms with Crippen LogP contribution in [0.3, 0.4) is 0 Å². The Kier molecular flexibility index (Phi) is 3.66. The van der Waals surface area contributed by atoms with Gasteiger partial charge in [0, 0.05) is 19.5 Å². The maximum Gasteiger partial charge on any atom is 0.229 e. The molecule has 0 bridgehead atoms. The Bertz CT molecular complexity index is 744. The number of benzene rings is 1. The number of nitrogens with one attached hydrogen (secondary N) is 1. The molecule has 1 aromatic carbocycles. The Balaban J connectivity index is 1.91. The Morgan fingerprint density at radius 3 is 2.68 bits per heavy atom. The first-order valence-corrected chi connectivity index (χ1v) is 6.95. The number of aromatic nitrogens is 2. The van der Waals surface area contributed by atoms with Crippen LogP contribution in [0.1, 0.15) is 40.9 Å². The van der Waals surface area contributed by atoms with E-state index in [0.29, 0.717) is 24.1 Å². The van der Waals surface area contributed by atoms with E-state index in [9.17, 15) is 14.0 Å². The van der Waals surface area contributed by atoms with Crippen LogP contribution in [-0.4, -0.2) is 21.7 Å². The van der Waals surface area contributed by atoms with Gasteiger partial charge in [0.05, 0.1) is 11.3 Å². The van der Waals surface area contributed by atoms with E-state index in [-0.39, 0.29) is 29.4 Å². The van der Waals surface area contributed by atoms with E-state index < -0.39 is 0 Å². The van der Waals surface area contributed by atoms with Gasteiger partial charge >= 0.3 is 0 Å². The molecule has 1 aliphatic rings. The molecule has 1 heterocycles. The molecule has 0 fully saturated rings. The predicted octanol–water partition coefficient (Wildman–Crippen LogP) is 2.49. The third-order valence-corrected chi connectivity index (χ3v) is 3.67. The van der Waals surface area contributed by atoms with E-state index >= 15 is 0 Å². The number of hydrogen-bond acceptors (Lipinski definition) is 4. The van der Waals surface area contributed by atoms with E-state index in [1.165, 1.54) is 25.3 Å². The summed E-state index contributed by atoms with van der Waals surface area (Å²) in [6, 6.07) is 6.15. The number of carbonyl (C=O) groups excluding carboxylic acids is 2. The number of hydrogen-bond donors (Lipinski definition) is 1. The second-order valence-corrected chi connectivity index (χ2v) is 5.32. The molecule has 22 heavy (non-hydrogen) atoms. The smallest absolute Gasteiger partial charge is 0.229 e. The lowest BCUT2D eigenvalue weighted by atomic mass is 9.82. The number of halogens is 1. The molecule has 0 unspecified atom stereocenters. The molecule has 1 aromatic heterocycles. The lowest BCUT2D eigenvalue weighted by Gasteiger charge is -2.23. The molecule has 2 aromatic rings. The van der Waals surface area contributed by atoms with Crippen LogP contribution in [-0.2, 0) is 11.2 Å². The molecule has 1 amide bonds. The topological polar surface area (TPSA) is 72.0 Å². The SMILES string of the molecule is CC(=O)Nc1ncc2c(n1)C[C@@H](c1ccc(F)cc1)CC2=O. The van der Waals surface area contributed by atoms with E-state index in [2.05, 4.69) is 15.3 Å². The summed E-state index contributed by atoms with van der Waals surface area (Å²) in [5.41, 5.74) is 2.01. The van der Waals surface area contributed by atoms with Crippen LogP contribution in [0.25, 0.3) is 0 Å². The summed E-state index contributed by atoms with van der Waals surface area (Å²) >= 11 is 0. The molecule has 112 valence electrons. The minimum absolute atomic E-state index is 0.0371. The van der Waals surface area contributed by atoms with Crippen LogP contribution in [0.4, 0.5) is 10.3 Å². The number of Topliss-reactive ketones (excluding diaryl/α,β-unsaturated/α-hetero) is 1. The maximum absolute atomic E-state index is 13.0. The second kappa shape index (κ2) is 5.63. The van der Waals surface area contributed by atoms with Gasteiger partial charge in [-0.25, -0.2) is 14.4 Å². The standard InChI is InChI=1S/C16H14FN3O2/c1-9(21)19-16-18-8-13-14(20-16)6-11(7-15(13)22)10-2-4-12(17)5-3-10/h2-5,8,11H,6-7H2,1H3,(H,18,19,20,21)/t11-/m1/s1. The average Bonchev–Trinajstić information content (AvgIpc) is 2.47. The highest BCUT2D eigenvalue weighted by Gasteiger charge is 2.28. The minimum Gasteiger partial charge on any atom is -0.295 e. The minimum atomic E-state index is -0.304. The van der Waals surface area contributed by atoms with Crippen molar-refractivity contribution in [3.8, 4) is 0 Å². The maximum atomic E-state index is 13.0. The summed E-state index contributed by atoms with van der Waals surface area (Å²) in [4.78, 5) is 31.5. The van der Waals surface area contributed by atoms with Gasteiger partial charge in [0.1, 0.15) is 5.82 Å². The monoisotopic (exact) mass is 299 g/mol. The molecule has 3 rings (SSSR count). The molecule has 0 saturated carbocycles. The van der Waals surface area contributed by atoms with Gasteiger partial charge in [0.25, 0.3) is 0 Å². The largest absolute Gasteiger partial charge is 0.295 e. The van der Waals surface area contributed by atoms with Crippen LogP contribution >= 0.6 is 0 Å². The van der Waals surface area contributed by atoms with Gasteiger partial charge in [-0.2, -0.15) is 0 Å². The highest BCUT2D eigenvalue weighted by Crippen LogP contribution is 2.32. The van der Waals surface area contributed by atoms with E-state index in [0.717, 1.165) is 5.56 Å². The third kappa shape index (κ3) is 2.86. The molecule has 0 aliphatic heterocycles. The number of ketones is 1. The van der Waals surface area contributed by atoms with Crippen molar-refractivity contribution in [2.45, 2.75) is 25.7 Å². The van der Waals surface area contributed by atoms with E-state index in [4.69, 9.17) is 0 Å². The van der Waals surface area contributed by atoms with Gasteiger partial charge in [-0.1, -0.05) is 12.1 Å².